The van der Waals surface area contributed by atoms with Crippen LogP contribution in [0.1, 0.15) is 41.0 Å². The zero-order valence-corrected chi connectivity index (χ0v) is 13.2. The summed E-state index contributed by atoms with van der Waals surface area (Å²) in [5.74, 6) is 0. The van der Waals surface area contributed by atoms with Crippen LogP contribution in [-0.2, 0) is 14.2 Å². The van der Waals surface area contributed by atoms with Crippen LogP contribution >= 0.6 is 0 Å². The molecule has 0 aliphatic rings. The molecule has 0 aliphatic heterocycles. The van der Waals surface area contributed by atoms with Crippen molar-refractivity contribution < 1.29 is 14.2 Å². The first kappa shape index (κ1) is 18.3. The minimum absolute atomic E-state index is 0.0223. The lowest BCUT2D eigenvalue weighted by Gasteiger charge is -2.23. The third kappa shape index (κ3) is 13.5. The zero-order valence-electron chi connectivity index (χ0n) is 13.2. The van der Waals surface area contributed by atoms with Crippen molar-refractivity contribution in [3.8, 4) is 0 Å². The van der Waals surface area contributed by atoms with Crippen molar-refractivity contribution >= 4 is 6.21 Å². The summed E-state index contributed by atoms with van der Waals surface area (Å²) in [4.78, 5) is 4.38. The molecule has 0 rings (SSSR count). The first-order chi connectivity index (χ1) is 8.77. The van der Waals surface area contributed by atoms with E-state index in [1.165, 1.54) is 0 Å². The van der Waals surface area contributed by atoms with Gasteiger partial charge in [0.2, 0.25) is 0 Å². The fourth-order valence-electron chi connectivity index (χ4n) is 1.14. The Kier molecular flexibility index (Phi) is 8.89. The normalized spacial score (nSPS) is 13.8. The molecular formula is C15H29NO3. The van der Waals surface area contributed by atoms with E-state index in [0.717, 1.165) is 6.42 Å². The van der Waals surface area contributed by atoms with E-state index >= 15 is 0 Å². The zero-order chi connectivity index (χ0) is 14.8. The Morgan fingerprint density at radius 2 is 1.74 bits per heavy atom. The fourth-order valence-corrected chi connectivity index (χ4v) is 1.14. The Balaban J connectivity index is 3.83. The van der Waals surface area contributed by atoms with Crippen LogP contribution in [0.5, 0.6) is 0 Å². The monoisotopic (exact) mass is 271 g/mol. The Labute approximate surface area is 117 Å². The van der Waals surface area contributed by atoms with Gasteiger partial charge in [-0.3, -0.25) is 4.99 Å². The highest BCUT2D eigenvalue weighted by atomic mass is 16.7. The smallest absolute Gasteiger partial charge is 0.147 e. The summed E-state index contributed by atoms with van der Waals surface area (Å²) >= 11 is 0. The summed E-state index contributed by atoms with van der Waals surface area (Å²) in [5.41, 5.74) is -0.259. The van der Waals surface area contributed by atoms with Gasteiger partial charge >= 0.3 is 0 Å². The molecule has 112 valence electrons. The van der Waals surface area contributed by atoms with Crippen LogP contribution in [0.2, 0.25) is 0 Å². The van der Waals surface area contributed by atoms with Crippen LogP contribution < -0.4 is 0 Å². The van der Waals surface area contributed by atoms with E-state index in [9.17, 15) is 0 Å². The summed E-state index contributed by atoms with van der Waals surface area (Å²) in [6, 6.07) is 0. The van der Waals surface area contributed by atoms with Crippen LogP contribution in [0.4, 0.5) is 0 Å². The number of methoxy groups -OCH3 is 1. The number of hydrogen-bond acceptors (Lipinski definition) is 4. The topological polar surface area (TPSA) is 40.0 Å². The third-order valence-corrected chi connectivity index (χ3v) is 2.26. The van der Waals surface area contributed by atoms with Gasteiger partial charge in [0.1, 0.15) is 6.79 Å². The molecule has 0 saturated carbocycles. The maximum absolute atomic E-state index is 5.65. The van der Waals surface area contributed by atoms with Crippen molar-refractivity contribution in [2.24, 2.45) is 4.99 Å². The Bertz CT molecular complexity index is 278. The summed E-state index contributed by atoms with van der Waals surface area (Å²) in [7, 11) is 1.65. The second kappa shape index (κ2) is 9.23. The molecule has 0 aromatic rings. The minimum atomic E-state index is -0.237. The predicted molar refractivity (Wildman–Crippen MR) is 79.9 cm³/mol. The standard InChI is InChI=1S/C15H29NO3/c1-14(2,3)16-10-8-7-9-15(4,5)19-13-18-12-11-17-6/h7-8,10H,9,11-13H2,1-6H3/b8-7+,16-10?. The van der Waals surface area contributed by atoms with E-state index in [4.69, 9.17) is 14.2 Å². The lowest BCUT2D eigenvalue weighted by molar-refractivity contribution is -0.131. The van der Waals surface area contributed by atoms with Crippen LogP contribution in [0.15, 0.2) is 17.1 Å². The van der Waals surface area contributed by atoms with Gasteiger partial charge in [0.15, 0.2) is 0 Å². The Hall–Kier alpha value is -0.710. The molecule has 0 amide bonds. The quantitative estimate of drug-likeness (QED) is 0.367. The van der Waals surface area contributed by atoms with Gasteiger partial charge < -0.3 is 14.2 Å². The van der Waals surface area contributed by atoms with Gasteiger partial charge in [0, 0.05) is 13.3 Å². The molecule has 0 bridgehead atoms. The highest BCUT2D eigenvalue weighted by Gasteiger charge is 2.16. The highest BCUT2D eigenvalue weighted by Crippen LogP contribution is 2.14. The second-order valence-electron chi connectivity index (χ2n) is 6.00. The maximum Gasteiger partial charge on any atom is 0.147 e. The fraction of sp³-hybridized carbons (Fsp3) is 0.800. The molecule has 19 heavy (non-hydrogen) atoms. The lowest BCUT2D eigenvalue weighted by Crippen LogP contribution is -2.25. The SMILES string of the molecule is COCCOCOC(C)(C)C/C=C/C=NC(C)(C)C. The Morgan fingerprint density at radius 1 is 1.05 bits per heavy atom. The number of rotatable bonds is 9. The van der Waals surface area contributed by atoms with Gasteiger partial charge in [-0.25, -0.2) is 0 Å². The molecule has 0 unspecified atom stereocenters. The summed E-state index contributed by atoms with van der Waals surface area (Å²) in [5, 5.41) is 0. The van der Waals surface area contributed by atoms with Gasteiger partial charge in [0.25, 0.3) is 0 Å². The molecule has 0 heterocycles. The third-order valence-electron chi connectivity index (χ3n) is 2.26. The van der Waals surface area contributed by atoms with Crippen LogP contribution in [0.3, 0.4) is 0 Å². The van der Waals surface area contributed by atoms with Gasteiger partial charge in [-0.2, -0.15) is 0 Å². The van der Waals surface area contributed by atoms with Crippen LogP contribution in [0, 0.1) is 0 Å². The number of allylic oxidation sites excluding steroid dienone is 1. The summed E-state index contributed by atoms with van der Waals surface area (Å²) in [6.45, 7) is 11.7. The minimum Gasteiger partial charge on any atom is -0.382 e. The average Bonchev–Trinajstić information content (AvgIpc) is 2.26. The molecule has 0 aromatic heterocycles. The number of ether oxygens (including phenoxy) is 3. The van der Waals surface area contributed by atoms with Crippen molar-refractivity contribution in [2.75, 3.05) is 27.1 Å². The lowest BCUT2D eigenvalue weighted by atomic mass is 10.1. The molecule has 4 nitrogen and oxygen atoms in total. The van der Waals surface area contributed by atoms with Gasteiger partial charge in [-0.1, -0.05) is 6.08 Å². The molecule has 0 spiro atoms. The highest BCUT2D eigenvalue weighted by molar-refractivity contribution is 5.71. The number of hydrogen-bond donors (Lipinski definition) is 0. The molecule has 0 aliphatic carbocycles. The summed E-state index contributed by atoms with van der Waals surface area (Å²) < 4.78 is 15.8. The molecule has 0 aromatic carbocycles. The molecular weight excluding hydrogens is 242 g/mol. The second-order valence-corrected chi connectivity index (χ2v) is 6.00. The van der Waals surface area contributed by atoms with E-state index in [-0.39, 0.29) is 11.1 Å². The maximum atomic E-state index is 5.65. The Morgan fingerprint density at radius 3 is 2.32 bits per heavy atom. The van der Waals surface area contributed by atoms with Crippen LogP contribution in [-0.4, -0.2) is 44.5 Å². The van der Waals surface area contributed by atoms with E-state index in [1.807, 2.05) is 26.1 Å². The van der Waals surface area contributed by atoms with E-state index in [1.54, 1.807) is 7.11 Å². The van der Waals surface area contributed by atoms with Crippen molar-refractivity contribution in [2.45, 2.75) is 52.2 Å². The van der Waals surface area contributed by atoms with Crippen molar-refractivity contribution in [1.29, 1.82) is 0 Å². The summed E-state index contributed by atoms with van der Waals surface area (Å²) in [6.07, 6.45) is 6.68. The van der Waals surface area contributed by atoms with E-state index in [2.05, 4.69) is 31.8 Å². The van der Waals surface area contributed by atoms with E-state index in [0.29, 0.717) is 20.0 Å². The van der Waals surface area contributed by atoms with Gasteiger partial charge in [0.05, 0.1) is 24.4 Å². The average molecular weight is 271 g/mol. The molecule has 0 radical (unpaired) electrons. The van der Waals surface area contributed by atoms with Crippen molar-refractivity contribution in [3.63, 3.8) is 0 Å². The van der Waals surface area contributed by atoms with E-state index < -0.39 is 0 Å². The molecule has 0 N–H and O–H groups in total. The number of nitrogens with zero attached hydrogens (tertiary/aromatic N) is 1. The molecule has 0 saturated heterocycles. The molecule has 0 fully saturated rings. The van der Waals surface area contributed by atoms with Crippen LogP contribution in [0.25, 0.3) is 0 Å². The van der Waals surface area contributed by atoms with Gasteiger partial charge in [-0.15, -0.1) is 0 Å². The van der Waals surface area contributed by atoms with Crippen molar-refractivity contribution in [1.82, 2.24) is 0 Å². The largest absolute Gasteiger partial charge is 0.382 e. The van der Waals surface area contributed by atoms with Gasteiger partial charge in [-0.05, 0) is 47.1 Å². The predicted octanol–water partition coefficient (Wildman–Crippen LogP) is 3.22. The first-order valence-corrected chi connectivity index (χ1v) is 6.68. The molecule has 0 atom stereocenters. The first-order valence-electron chi connectivity index (χ1n) is 6.68. The van der Waals surface area contributed by atoms with Crippen molar-refractivity contribution in [3.05, 3.63) is 12.2 Å². The number of aliphatic imine (C=N–C) groups is 1. The molecule has 4 heteroatoms.